The molecular weight excluding hydrogens is 242 g/mol. The number of hydrogen-bond donors (Lipinski definition) is 1. The van der Waals surface area contributed by atoms with Crippen molar-refractivity contribution in [3.63, 3.8) is 0 Å². The van der Waals surface area contributed by atoms with Crippen LogP contribution in [0.3, 0.4) is 0 Å². The summed E-state index contributed by atoms with van der Waals surface area (Å²) in [4.78, 5) is 1.22. The molecule has 0 atom stereocenters. The molecule has 0 aliphatic heterocycles. The quantitative estimate of drug-likeness (QED) is 0.845. The van der Waals surface area contributed by atoms with Crippen LogP contribution < -0.4 is 10.5 Å². The Morgan fingerprint density at radius 2 is 2.00 bits per heavy atom. The fraction of sp³-hybridized carbons (Fsp3) is 0.600. The SMILES string of the molecule is COc1c(SC)cccc1C1(CN)CCCCC1. The van der Waals surface area contributed by atoms with Crippen molar-refractivity contribution >= 4 is 11.8 Å². The molecule has 0 aromatic heterocycles. The van der Waals surface area contributed by atoms with Crippen molar-refractivity contribution in [1.29, 1.82) is 0 Å². The summed E-state index contributed by atoms with van der Waals surface area (Å²) >= 11 is 1.74. The Balaban J connectivity index is 2.47. The van der Waals surface area contributed by atoms with E-state index in [9.17, 15) is 0 Å². The summed E-state index contributed by atoms with van der Waals surface area (Å²) in [5.41, 5.74) is 7.58. The van der Waals surface area contributed by atoms with Crippen LogP contribution in [0.5, 0.6) is 5.75 Å². The monoisotopic (exact) mass is 265 g/mol. The van der Waals surface area contributed by atoms with Gasteiger partial charge in [-0.15, -0.1) is 11.8 Å². The molecule has 0 spiro atoms. The molecule has 2 nitrogen and oxygen atoms in total. The average molecular weight is 265 g/mol. The van der Waals surface area contributed by atoms with Gasteiger partial charge in [-0.3, -0.25) is 0 Å². The fourth-order valence-corrected chi connectivity index (χ4v) is 3.71. The van der Waals surface area contributed by atoms with E-state index in [1.165, 1.54) is 42.6 Å². The van der Waals surface area contributed by atoms with Crippen molar-refractivity contribution in [2.24, 2.45) is 5.73 Å². The topological polar surface area (TPSA) is 35.2 Å². The minimum absolute atomic E-state index is 0.134. The lowest BCUT2D eigenvalue weighted by atomic mass is 9.69. The van der Waals surface area contributed by atoms with Crippen LogP contribution in [0.4, 0.5) is 0 Å². The van der Waals surface area contributed by atoms with E-state index in [0.29, 0.717) is 0 Å². The van der Waals surface area contributed by atoms with E-state index in [4.69, 9.17) is 10.5 Å². The zero-order valence-corrected chi connectivity index (χ0v) is 12.2. The summed E-state index contributed by atoms with van der Waals surface area (Å²) in [6.07, 6.45) is 8.38. The minimum atomic E-state index is 0.134. The number of methoxy groups -OCH3 is 1. The first kappa shape index (κ1) is 13.8. The van der Waals surface area contributed by atoms with Gasteiger partial charge in [-0.1, -0.05) is 31.4 Å². The van der Waals surface area contributed by atoms with Crippen molar-refractivity contribution in [3.8, 4) is 5.75 Å². The van der Waals surface area contributed by atoms with E-state index in [-0.39, 0.29) is 5.41 Å². The molecule has 1 aromatic rings. The van der Waals surface area contributed by atoms with Crippen LogP contribution in [0.1, 0.15) is 37.7 Å². The van der Waals surface area contributed by atoms with Crippen molar-refractivity contribution in [3.05, 3.63) is 23.8 Å². The number of hydrogen-bond acceptors (Lipinski definition) is 3. The molecule has 0 saturated heterocycles. The second kappa shape index (κ2) is 5.98. The van der Waals surface area contributed by atoms with Crippen molar-refractivity contribution in [2.45, 2.75) is 42.4 Å². The standard InChI is InChI=1S/C15H23NOS/c1-17-14-12(7-6-8-13(14)18-2)15(11-16)9-4-3-5-10-15/h6-8H,3-5,9-11,16H2,1-2H3. The number of thioether (sulfide) groups is 1. The lowest BCUT2D eigenvalue weighted by Crippen LogP contribution is -2.37. The summed E-state index contributed by atoms with van der Waals surface area (Å²) in [6.45, 7) is 0.723. The highest BCUT2D eigenvalue weighted by Gasteiger charge is 2.35. The zero-order valence-electron chi connectivity index (χ0n) is 11.4. The third-order valence-electron chi connectivity index (χ3n) is 4.18. The molecule has 0 radical (unpaired) electrons. The molecule has 2 N–H and O–H groups in total. The van der Waals surface area contributed by atoms with Crippen molar-refractivity contribution in [2.75, 3.05) is 19.9 Å². The van der Waals surface area contributed by atoms with E-state index < -0.39 is 0 Å². The summed E-state index contributed by atoms with van der Waals surface area (Å²) in [5, 5.41) is 0. The van der Waals surface area contributed by atoms with Crippen LogP contribution in [0, 0.1) is 0 Å². The summed E-state index contributed by atoms with van der Waals surface area (Å²) < 4.78 is 5.67. The predicted octanol–water partition coefficient (Wildman–Crippen LogP) is 3.58. The largest absolute Gasteiger partial charge is 0.495 e. The molecule has 1 fully saturated rings. The molecule has 1 aliphatic rings. The maximum Gasteiger partial charge on any atom is 0.136 e. The Labute approximate surface area is 114 Å². The van der Waals surface area contributed by atoms with Gasteiger partial charge in [0.2, 0.25) is 0 Å². The molecule has 0 unspecified atom stereocenters. The summed E-state index contributed by atoms with van der Waals surface area (Å²) in [5.74, 6) is 1.04. The number of benzene rings is 1. The minimum Gasteiger partial charge on any atom is -0.495 e. The maximum atomic E-state index is 6.12. The van der Waals surface area contributed by atoms with Crippen LogP contribution in [-0.4, -0.2) is 19.9 Å². The second-order valence-electron chi connectivity index (χ2n) is 5.09. The summed E-state index contributed by atoms with van der Waals surface area (Å²) in [7, 11) is 1.77. The van der Waals surface area contributed by atoms with Gasteiger partial charge in [0.25, 0.3) is 0 Å². The van der Waals surface area contributed by atoms with Crippen LogP contribution in [-0.2, 0) is 5.41 Å². The fourth-order valence-electron chi connectivity index (χ4n) is 3.12. The second-order valence-corrected chi connectivity index (χ2v) is 5.93. The average Bonchev–Trinajstić information content (AvgIpc) is 2.47. The predicted molar refractivity (Wildman–Crippen MR) is 78.6 cm³/mol. The highest BCUT2D eigenvalue weighted by Crippen LogP contribution is 2.45. The Morgan fingerprint density at radius 3 is 2.56 bits per heavy atom. The Hall–Kier alpha value is -0.670. The van der Waals surface area contributed by atoms with Crippen LogP contribution >= 0.6 is 11.8 Å². The molecule has 0 heterocycles. The number of para-hydroxylation sites is 1. The van der Waals surface area contributed by atoms with Crippen LogP contribution in [0.25, 0.3) is 0 Å². The van der Waals surface area contributed by atoms with E-state index >= 15 is 0 Å². The third-order valence-corrected chi connectivity index (χ3v) is 4.94. The van der Waals surface area contributed by atoms with E-state index in [1.54, 1.807) is 18.9 Å². The highest BCUT2D eigenvalue weighted by molar-refractivity contribution is 7.98. The Kier molecular flexibility index (Phi) is 4.57. The molecule has 18 heavy (non-hydrogen) atoms. The summed E-state index contributed by atoms with van der Waals surface area (Å²) in [6, 6.07) is 6.46. The number of nitrogens with two attached hydrogens (primary N) is 1. The Morgan fingerprint density at radius 1 is 1.28 bits per heavy atom. The van der Waals surface area contributed by atoms with Crippen molar-refractivity contribution in [1.82, 2.24) is 0 Å². The third kappa shape index (κ3) is 2.39. The maximum absolute atomic E-state index is 6.12. The van der Waals surface area contributed by atoms with Gasteiger partial charge in [-0.05, 0) is 25.2 Å². The normalized spacial score (nSPS) is 18.6. The molecule has 3 heteroatoms. The van der Waals surface area contributed by atoms with Gasteiger partial charge in [0.15, 0.2) is 0 Å². The molecule has 1 aliphatic carbocycles. The van der Waals surface area contributed by atoms with Gasteiger partial charge in [0.1, 0.15) is 5.75 Å². The van der Waals surface area contributed by atoms with Crippen LogP contribution in [0.15, 0.2) is 23.1 Å². The zero-order chi connectivity index (χ0) is 13.0. The first-order valence-corrected chi connectivity index (χ1v) is 7.91. The first-order chi connectivity index (χ1) is 8.77. The van der Waals surface area contributed by atoms with Gasteiger partial charge in [-0.2, -0.15) is 0 Å². The molecular formula is C15H23NOS. The van der Waals surface area contributed by atoms with Crippen molar-refractivity contribution < 1.29 is 4.74 Å². The molecule has 1 aromatic carbocycles. The van der Waals surface area contributed by atoms with Gasteiger partial charge in [0.05, 0.1) is 7.11 Å². The molecule has 100 valence electrons. The van der Waals surface area contributed by atoms with Gasteiger partial charge >= 0.3 is 0 Å². The van der Waals surface area contributed by atoms with Gasteiger partial charge in [-0.25, -0.2) is 0 Å². The van der Waals surface area contributed by atoms with Crippen LogP contribution in [0.2, 0.25) is 0 Å². The van der Waals surface area contributed by atoms with E-state index in [1.807, 2.05) is 0 Å². The first-order valence-electron chi connectivity index (χ1n) is 6.69. The molecule has 2 rings (SSSR count). The molecule has 0 amide bonds. The van der Waals surface area contributed by atoms with Gasteiger partial charge in [0, 0.05) is 22.4 Å². The molecule has 1 saturated carbocycles. The van der Waals surface area contributed by atoms with E-state index in [2.05, 4.69) is 24.5 Å². The Bertz CT molecular complexity index is 399. The number of ether oxygens (including phenoxy) is 1. The van der Waals surface area contributed by atoms with E-state index in [0.717, 1.165) is 12.3 Å². The highest BCUT2D eigenvalue weighted by atomic mass is 32.2. The van der Waals surface area contributed by atoms with Gasteiger partial charge < -0.3 is 10.5 Å². The smallest absolute Gasteiger partial charge is 0.136 e. The lowest BCUT2D eigenvalue weighted by molar-refractivity contribution is 0.286. The number of rotatable bonds is 4. The molecule has 0 bridgehead atoms. The lowest BCUT2D eigenvalue weighted by Gasteiger charge is -2.38.